The Kier molecular flexibility index (Phi) is 3.31. The molecule has 0 fully saturated rings. The van der Waals surface area contributed by atoms with Crippen LogP contribution in [0.4, 0.5) is 0 Å². The van der Waals surface area contributed by atoms with E-state index in [4.69, 9.17) is 9.47 Å². The number of esters is 2. The van der Waals surface area contributed by atoms with Gasteiger partial charge in [-0.15, -0.1) is 0 Å². The van der Waals surface area contributed by atoms with E-state index >= 15 is 0 Å². The van der Waals surface area contributed by atoms with Gasteiger partial charge in [-0.1, -0.05) is 48.5 Å². The highest BCUT2D eigenvalue weighted by atomic mass is 16.7. The highest BCUT2D eigenvalue weighted by Crippen LogP contribution is 2.29. The molecule has 0 aliphatic carbocycles. The number of benzene rings is 3. The number of hydrogen-bond donors (Lipinski definition) is 0. The number of carbonyl (C=O) groups excluding carboxylic acids is 2. The zero-order valence-electron chi connectivity index (χ0n) is 13.0. The first-order valence-corrected chi connectivity index (χ1v) is 7.64. The van der Waals surface area contributed by atoms with Crippen molar-refractivity contribution in [2.24, 2.45) is 0 Å². The predicted molar refractivity (Wildman–Crippen MR) is 90.5 cm³/mol. The van der Waals surface area contributed by atoms with Crippen LogP contribution in [0, 0.1) is 0 Å². The van der Waals surface area contributed by atoms with Gasteiger partial charge < -0.3 is 9.47 Å². The van der Waals surface area contributed by atoms with E-state index in [0.717, 1.165) is 21.5 Å². The maximum atomic E-state index is 12.8. The minimum absolute atomic E-state index is 0.440. The van der Waals surface area contributed by atoms with Crippen LogP contribution in [0.3, 0.4) is 0 Å². The van der Waals surface area contributed by atoms with Crippen molar-refractivity contribution in [3.63, 3.8) is 0 Å². The van der Waals surface area contributed by atoms with E-state index in [2.05, 4.69) is 0 Å². The van der Waals surface area contributed by atoms with Gasteiger partial charge in [-0.3, -0.25) is 0 Å². The SMILES string of the molecule is CC1=CC(OC(=O)c2c3ccccc3cc3ccccc23)OC1=O. The molecule has 3 aromatic carbocycles. The Morgan fingerprint density at radius 3 is 2.12 bits per heavy atom. The quantitative estimate of drug-likeness (QED) is 0.530. The Labute approximate surface area is 138 Å². The summed E-state index contributed by atoms with van der Waals surface area (Å²) in [5, 5.41) is 3.54. The molecule has 24 heavy (non-hydrogen) atoms. The zero-order valence-corrected chi connectivity index (χ0v) is 13.0. The Balaban J connectivity index is 1.84. The highest BCUT2D eigenvalue weighted by Gasteiger charge is 2.27. The summed E-state index contributed by atoms with van der Waals surface area (Å²) in [6.45, 7) is 1.63. The second-order valence-corrected chi connectivity index (χ2v) is 5.72. The normalized spacial score (nSPS) is 17.0. The smallest absolute Gasteiger partial charge is 0.342 e. The van der Waals surface area contributed by atoms with E-state index in [1.54, 1.807) is 6.92 Å². The second-order valence-electron chi connectivity index (χ2n) is 5.72. The molecule has 118 valence electrons. The third kappa shape index (κ3) is 2.33. The predicted octanol–water partition coefficient (Wildman–Crippen LogP) is 3.98. The minimum atomic E-state index is -0.970. The molecule has 4 rings (SSSR count). The molecule has 1 unspecified atom stereocenters. The summed E-state index contributed by atoms with van der Waals surface area (Å²) < 4.78 is 10.4. The van der Waals surface area contributed by atoms with Crippen LogP contribution in [0.5, 0.6) is 0 Å². The lowest BCUT2D eigenvalue weighted by Crippen LogP contribution is -2.18. The molecule has 0 saturated carbocycles. The molecule has 1 heterocycles. The lowest BCUT2D eigenvalue weighted by atomic mass is 9.97. The van der Waals surface area contributed by atoms with Gasteiger partial charge in [-0.2, -0.15) is 0 Å². The fourth-order valence-corrected chi connectivity index (χ4v) is 2.96. The monoisotopic (exact) mass is 318 g/mol. The molecule has 0 saturated heterocycles. The molecule has 3 aromatic rings. The average molecular weight is 318 g/mol. The molecule has 1 aliphatic rings. The van der Waals surface area contributed by atoms with Crippen LogP contribution in [-0.2, 0) is 14.3 Å². The number of rotatable bonds is 2. The number of carbonyl (C=O) groups is 2. The summed E-state index contributed by atoms with van der Waals surface area (Å²) in [6, 6.07) is 17.4. The van der Waals surface area contributed by atoms with Gasteiger partial charge in [0.2, 0.25) is 0 Å². The van der Waals surface area contributed by atoms with Gasteiger partial charge in [0.15, 0.2) is 0 Å². The first kappa shape index (κ1) is 14.5. The van der Waals surface area contributed by atoms with E-state index in [-0.39, 0.29) is 0 Å². The number of hydrogen-bond acceptors (Lipinski definition) is 4. The number of fused-ring (bicyclic) bond motifs is 2. The van der Waals surface area contributed by atoms with E-state index in [9.17, 15) is 9.59 Å². The molecular formula is C20H14O4. The fourth-order valence-electron chi connectivity index (χ4n) is 2.96. The van der Waals surface area contributed by atoms with Crippen molar-refractivity contribution in [1.29, 1.82) is 0 Å². The summed E-state index contributed by atoms with van der Waals surface area (Å²) >= 11 is 0. The molecule has 0 bridgehead atoms. The van der Waals surface area contributed by atoms with Gasteiger partial charge in [0.1, 0.15) is 0 Å². The van der Waals surface area contributed by atoms with E-state index in [1.165, 1.54) is 6.08 Å². The van der Waals surface area contributed by atoms with Crippen LogP contribution in [0.15, 0.2) is 66.2 Å². The zero-order chi connectivity index (χ0) is 16.7. The highest BCUT2D eigenvalue weighted by molar-refractivity contribution is 6.16. The van der Waals surface area contributed by atoms with E-state index in [0.29, 0.717) is 11.1 Å². The van der Waals surface area contributed by atoms with Crippen LogP contribution < -0.4 is 0 Å². The molecule has 4 nitrogen and oxygen atoms in total. The molecule has 0 spiro atoms. The maximum Gasteiger partial charge on any atom is 0.342 e. The molecule has 0 N–H and O–H groups in total. The third-order valence-electron chi connectivity index (χ3n) is 4.13. The van der Waals surface area contributed by atoms with Crippen LogP contribution in [0.2, 0.25) is 0 Å². The molecule has 0 amide bonds. The summed E-state index contributed by atoms with van der Waals surface area (Å²) in [4.78, 5) is 24.2. The summed E-state index contributed by atoms with van der Waals surface area (Å²) in [5.41, 5.74) is 0.924. The van der Waals surface area contributed by atoms with Crippen molar-refractivity contribution >= 4 is 33.5 Å². The van der Waals surface area contributed by atoms with Crippen LogP contribution >= 0.6 is 0 Å². The van der Waals surface area contributed by atoms with Gasteiger partial charge in [-0.05, 0) is 34.5 Å². The Morgan fingerprint density at radius 2 is 1.58 bits per heavy atom. The van der Waals surface area contributed by atoms with Gasteiger partial charge >= 0.3 is 11.9 Å². The van der Waals surface area contributed by atoms with Crippen molar-refractivity contribution < 1.29 is 19.1 Å². The Hall–Kier alpha value is -3.14. The van der Waals surface area contributed by atoms with Crippen LogP contribution in [-0.4, -0.2) is 18.2 Å². The Bertz CT molecular complexity index is 963. The molecule has 1 atom stereocenters. The molecule has 0 aromatic heterocycles. The topological polar surface area (TPSA) is 52.6 Å². The Morgan fingerprint density at radius 1 is 1.00 bits per heavy atom. The van der Waals surface area contributed by atoms with Gasteiger partial charge in [0.25, 0.3) is 6.29 Å². The van der Waals surface area contributed by atoms with E-state index < -0.39 is 18.2 Å². The lowest BCUT2D eigenvalue weighted by molar-refractivity contribution is -0.151. The first-order chi connectivity index (χ1) is 11.6. The third-order valence-corrected chi connectivity index (χ3v) is 4.13. The molecular weight excluding hydrogens is 304 g/mol. The van der Waals surface area contributed by atoms with Crippen molar-refractivity contribution in [3.8, 4) is 0 Å². The maximum absolute atomic E-state index is 12.8. The standard InChI is InChI=1S/C20H14O4/c1-12-10-17(23-19(12)21)24-20(22)18-15-8-4-2-6-13(15)11-14-7-3-5-9-16(14)18/h2-11,17H,1H3. The van der Waals surface area contributed by atoms with Crippen LogP contribution in [0.25, 0.3) is 21.5 Å². The van der Waals surface area contributed by atoms with Crippen molar-refractivity contribution in [2.75, 3.05) is 0 Å². The fraction of sp³-hybridized carbons (Fsp3) is 0.100. The van der Waals surface area contributed by atoms with Crippen LogP contribution in [0.1, 0.15) is 17.3 Å². The number of ether oxygens (including phenoxy) is 2. The summed E-state index contributed by atoms with van der Waals surface area (Å²) in [6.07, 6.45) is 0.538. The lowest BCUT2D eigenvalue weighted by Gasteiger charge is -2.13. The van der Waals surface area contributed by atoms with E-state index in [1.807, 2.05) is 54.6 Å². The average Bonchev–Trinajstić information content (AvgIpc) is 2.89. The van der Waals surface area contributed by atoms with Crippen molar-refractivity contribution in [1.82, 2.24) is 0 Å². The number of cyclic esters (lactones) is 1. The minimum Gasteiger partial charge on any atom is -0.418 e. The molecule has 4 heteroatoms. The first-order valence-electron chi connectivity index (χ1n) is 7.64. The second kappa shape index (κ2) is 5.49. The summed E-state index contributed by atoms with van der Waals surface area (Å²) in [5.74, 6) is -0.970. The molecule has 0 radical (unpaired) electrons. The molecule has 1 aliphatic heterocycles. The van der Waals surface area contributed by atoms with Gasteiger partial charge in [0.05, 0.1) is 5.56 Å². The van der Waals surface area contributed by atoms with Gasteiger partial charge in [-0.25, -0.2) is 9.59 Å². The van der Waals surface area contributed by atoms with Crippen molar-refractivity contribution in [2.45, 2.75) is 13.2 Å². The summed E-state index contributed by atoms with van der Waals surface area (Å²) in [7, 11) is 0. The van der Waals surface area contributed by atoms with Gasteiger partial charge in [0, 0.05) is 11.6 Å². The largest absolute Gasteiger partial charge is 0.418 e. The van der Waals surface area contributed by atoms with Crippen molar-refractivity contribution in [3.05, 3.63) is 71.8 Å².